The molecule has 5 heteroatoms. The van der Waals surface area contributed by atoms with E-state index >= 15 is 0 Å². The Kier molecular flexibility index (Phi) is 9.45. The lowest BCUT2D eigenvalue weighted by molar-refractivity contribution is 0.195. The minimum absolute atomic E-state index is 0.00271. The molecule has 3 aliphatic heterocycles. The van der Waals surface area contributed by atoms with Crippen LogP contribution >= 0.6 is 11.3 Å². The Hall–Kier alpha value is -6.56. The van der Waals surface area contributed by atoms with Gasteiger partial charge in [0.15, 0.2) is 0 Å². The monoisotopic (exact) mass is 927 g/mol. The fraction of sp³-hybridized carbons (Fsp3) is 0.262. The lowest BCUT2D eigenvalue weighted by Crippen LogP contribution is -2.61. The third-order valence-corrected chi connectivity index (χ3v) is 18.3. The van der Waals surface area contributed by atoms with Gasteiger partial charge in [-0.15, -0.1) is 11.3 Å². The fourth-order valence-electron chi connectivity index (χ4n) is 13.3. The molecule has 1 aliphatic carbocycles. The smallest absolute Gasteiger partial charge is 0.252 e. The van der Waals surface area contributed by atoms with Crippen LogP contribution in [0.4, 0.5) is 45.5 Å². The van der Waals surface area contributed by atoms with Crippen LogP contribution in [0.5, 0.6) is 0 Å². The molecule has 1 fully saturated rings. The molecule has 0 spiro atoms. The first-order valence-corrected chi connectivity index (χ1v) is 26.5. The lowest BCUT2D eigenvalue weighted by Gasteiger charge is -2.50. The highest BCUT2D eigenvalue weighted by atomic mass is 32.1. The summed E-state index contributed by atoms with van der Waals surface area (Å²) in [6, 6.07) is 63.7. The summed E-state index contributed by atoms with van der Waals surface area (Å²) in [6.45, 7) is 21.5. The number of aryl methyl sites for hydroxylation is 1. The molecule has 2 atom stereocenters. The normalized spacial score (nSPS) is 19.3. The summed E-state index contributed by atoms with van der Waals surface area (Å²) < 4.78 is 2.64. The van der Waals surface area contributed by atoms with Crippen molar-refractivity contribution in [2.24, 2.45) is 0 Å². The molecule has 346 valence electrons. The van der Waals surface area contributed by atoms with Crippen LogP contribution in [0.3, 0.4) is 0 Å². The van der Waals surface area contributed by atoms with Gasteiger partial charge in [-0.2, -0.15) is 0 Å². The van der Waals surface area contributed by atoms with E-state index < -0.39 is 0 Å². The Labute approximate surface area is 419 Å². The van der Waals surface area contributed by atoms with Crippen molar-refractivity contribution in [3.8, 4) is 11.1 Å². The van der Waals surface area contributed by atoms with E-state index in [1.54, 1.807) is 0 Å². The van der Waals surface area contributed by atoms with Gasteiger partial charge in [0.2, 0.25) is 0 Å². The molecule has 0 bridgehead atoms. The molecule has 0 N–H and O–H groups in total. The molecule has 4 aliphatic rings. The number of thiophene rings is 1. The van der Waals surface area contributed by atoms with Crippen LogP contribution < -0.4 is 31.1 Å². The van der Waals surface area contributed by atoms with Crippen molar-refractivity contribution < 1.29 is 0 Å². The van der Waals surface area contributed by atoms with Gasteiger partial charge in [0.1, 0.15) is 0 Å². The van der Waals surface area contributed by atoms with Crippen LogP contribution in [0.2, 0.25) is 0 Å². The SMILES string of the molecule is Cc1cc2c3c(c1)N(c1ccc(C(C)(C)C)cc1-c1ccccc1)c1ccc(C(C)(C)C)cc1B3c1ccc(N3c4ccccc4C4(C)CCCCC34C)cc1N2c1ccc2c(c1)sc1ccccc12. The van der Waals surface area contributed by atoms with Crippen molar-refractivity contribution in [1.29, 1.82) is 0 Å². The van der Waals surface area contributed by atoms with E-state index in [0.717, 1.165) is 6.42 Å². The molecule has 0 amide bonds. The van der Waals surface area contributed by atoms with Gasteiger partial charge in [-0.1, -0.05) is 158 Å². The zero-order valence-corrected chi connectivity index (χ0v) is 43.1. The molecule has 1 saturated carbocycles. The zero-order valence-electron chi connectivity index (χ0n) is 42.2. The number of nitrogens with zero attached hydrogens (tertiary/aromatic N) is 3. The minimum Gasteiger partial charge on any atom is -0.334 e. The van der Waals surface area contributed by atoms with Gasteiger partial charge >= 0.3 is 0 Å². The topological polar surface area (TPSA) is 9.72 Å². The molecule has 13 rings (SSSR count). The quantitative estimate of drug-likeness (QED) is 0.163. The summed E-state index contributed by atoms with van der Waals surface area (Å²) in [4.78, 5) is 8.03. The molecule has 70 heavy (non-hydrogen) atoms. The van der Waals surface area contributed by atoms with Crippen LogP contribution in [0.25, 0.3) is 31.3 Å². The molecule has 2 unspecified atom stereocenters. The van der Waals surface area contributed by atoms with Gasteiger partial charge in [-0.3, -0.25) is 0 Å². The third-order valence-electron chi connectivity index (χ3n) is 17.1. The van der Waals surface area contributed by atoms with Crippen LogP contribution in [0, 0.1) is 6.92 Å². The zero-order chi connectivity index (χ0) is 48.1. The molecular weight excluding hydrogens is 866 g/mol. The first kappa shape index (κ1) is 43.5. The molecule has 1 aromatic heterocycles. The highest BCUT2D eigenvalue weighted by Crippen LogP contribution is 2.61. The van der Waals surface area contributed by atoms with E-state index in [0.29, 0.717) is 0 Å². The van der Waals surface area contributed by atoms with Crippen molar-refractivity contribution in [3.63, 3.8) is 0 Å². The second kappa shape index (κ2) is 15.2. The Bertz CT molecular complexity index is 3610. The summed E-state index contributed by atoms with van der Waals surface area (Å²) in [6.07, 6.45) is 4.88. The molecule has 8 aromatic carbocycles. The van der Waals surface area contributed by atoms with Gasteiger partial charge < -0.3 is 14.7 Å². The van der Waals surface area contributed by atoms with Gasteiger partial charge in [0.25, 0.3) is 6.71 Å². The molecule has 9 aromatic rings. The predicted octanol–water partition coefficient (Wildman–Crippen LogP) is 16.4. The third kappa shape index (κ3) is 6.26. The number of anilines is 8. The summed E-state index contributed by atoms with van der Waals surface area (Å²) in [5.74, 6) is 0. The maximum absolute atomic E-state index is 2.76. The van der Waals surface area contributed by atoms with Crippen LogP contribution in [0.15, 0.2) is 164 Å². The first-order valence-electron chi connectivity index (χ1n) is 25.7. The number of hydrogen-bond donors (Lipinski definition) is 0. The van der Waals surface area contributed by atoms with Crippen molar-refractivity contribution in [3.05, 3.63) is 186 Å². The van der Waals surface area contributed by atoms with Crippen molar-refractivity contribution in [2.45, 2.75) is 110 Å². The Morgan fingerprint density at radius 1 is 0.500 bits per heavy atom. The number of hydrogen-bond acceptors (Lipinski definition) is 4. The molecule has 0 radical (unpaired) electrons. The Balaban J connectivity index is 1.11. The van der Waals surface area contributed by atoms with Gasteiger partial charge in [-0.05, 0) is 148 Å². The average molecular weight is 928 g/mol. The standard InChI is InChI=1S/C65H62BN3S/c1-41-35-57-61-58(36-41)68(53-31-25-43(62(2,3)4)37-49(53)42-19-11-10-12-20-42)55-32-26-44(63(5,6)7)38-52(55)66(61)51-30-28-46(69-54-23-15-14-22-50(54)64(8)33-17-18-34-65(64,69)9)39-56(51)67(57)45-27-29-48-47-21-13-16-24-59(47)70-60(48)40-45/h10-16,19-32,35-40H,17-18,33-34H2,1-9H3. The van der Waals surface area contributed by atoms with Crippen LogP contribution in [-0.2, 0) is 16.2 Å². The highest BCUT2D eigenvalue weighted by molar-refractivity contribution is 7.25. The second-order valence-electron chi connectivity index (χ2n) is 23.4. The number of benzene rings is 8. The Morgan fingerprint density at radius 3 is 1.94 bits per heavy atom. The fourth-order valence-corrected chi connectivity index (χ4v) is 14.4. The maximum atomic E-state index is 2.76. The van der Waals surface area contributed by atoms with Crippen LogP contribution in [0.1, 0.15) is 103 Å². The van der Waals surface area contributed by atoms with E-state index in [-0.39, 0.29) is 28.5 Å². The van der Waals surface area contributed by atoms with Crippen molar-refractivity contribution >= 4 is 100 Å². The average Bonchev–Trinajstić information content (AvgIpc) is 3.82. The van der Waals surface area contributed by atoms with Crippen molar-refractivity contribution in [2.75, 3.05) is 14.7 Å². The summed E-state index contributed by atoms with van der Waals surface area (Å²) in [5, 5.41) is 2.65. The number of fused-ring (bicyclic) bond motifs is 10. The first-order chi connectivity index (χ1) is 33.6. The molecule has 4 heterocycles. The predicted molar refractivity (Wildman–Crippen MR) is 304 cm³/mol. The van der Waals surface area contributed by atoms with Gasteiger partial charge in [0.05, 0.1) is 11.2 Å². The number of rotatable bonds is 4. The van der Waals surface area contributed by atoms with Gasteiger partial charge in [-0.25, -0.2) is 0 Å². The highest BCUT2D eigenvalue weighted by Gasteiger charge is 2.58. The lowest BCUT2D eigenvalue weighted by atomic mass is 9.33. The van der Waals surface area contributed by atoms with Crippen molar-refractivity contribution in [1.82, 2.24) is 0 Å². The van der Waals surface area contributed by atoms with E-state index in [1.165, 1.54) is 135 Å². The minimum atomic E-state index is -0.0567. The summed E-state index contributed by atoms with van der Waals surface area (Å²) in [7, 11) is 0. The number of para-hydroxylation sites is 1. The van der Waals surface area contributed by atoms with Crippen LogP contribution in [-0.4, -0.2) is 12.3 Å². The van der Waals surface area contributed by atoms with Gasteiger partial charge in [0, 0.05) is 71.0 Å². The van der Waals surface area contributed by atoms with E-state index in [9.17, 15) is 0 Å². The molecule has 0 saturated heterocycles. The Morgan fingerprint density at radius 2 is 1.16 bits per heavy atom. The molecular formula is C65H62BN3S. The largest absolute Gasteiger partial charge is 0.334 e. The van der Waals surface area contributed by atoms with E-state index in [2.05, 4.69) is 241 Å². The van der Waals surface area contributed by atoms with E-state index in [4.69, 9.17) is 0 Å². The maximum Gasteiger partial charge on any atom is 0.252 e. The molecule has 3 nitrogen and oxygen atoms in total. The summed E-state index contributed by atoms with van der Waals surface area (Å²) in [5.41, 5.74) is 21.9. The summed E-state index contributed by atoms with van der Waals surface area (Å²) >= 11 is 1.90. The second-order valence-corrected chi connectivity index (χ2v) is 24.5. The van der Waals surface area contributed by atoms with E-state index in [1.807, 2.05) is 11.3 Å².